The SMILES string of the molecule is COc1ccc(NC2COc3cc(O)ccc32)c(OC)c1. The summed E-state index contributed by atoms with van der Waals surface area (Å²) in [5, 5.41) is 12.9. The summed E-state index contributed by atoms with van der Waals surface area (Å²) in [7, 11) is 3.24. The van der Waals surface area contributed by atoms with Crippen LogP contribution in [0.3, 0.4) is 0 Å². The van der Waals surface area contributed by atoms with E-state index in [9.17, 15) is 5.11 Å². The highest BCUT2D eigenvalue weighted by molar-refractivity contribution is 5.61. The normalized spacial score (nSPS) is 16.0. The quantitative estimate of drug-likeness (QED) is 0.905. The molecule has 0 fully saturated rings. The summed E-state index contributed by atoms with van der Waals surface area (Å²) in [6.07, 6.45) is 0. The van der Waals surface area contributed by atoms with Crippen LogP contribution in [0.2, 0.25) is 0 Å². The second-order valence-corrected chi connectivity index (χ2v) is 4.80. The van der Waals surface area contributed by atoms with Crippen molar-refractivity contribution >= 4 is 5.69 Å². The monoisotopic (exact) mass is 287 g/mol. The number of rotatable bonds is 4. The van der Waals surface area contributed by atoms with Crippen LogP contribution < -0.4 is 19.5 Å². The fourth-order valence-corrected chi connectivity index (χ4v) is 2.42. The maximum atomic E-state index is 9.48. The fourth-order valence-electron chi connectivity index (χ4n) is 2.42. The Hall–Kier alpha value is -2.56. The summed E-state index contributed by atoms with van der Waals surface area (Å²) < 4.78 is 16.2. The molecule has 0 saturated carbocycles. The van der Waals surface area contributed by atoms with Crippen LogP contribution in [0.5, 0.6) is 23.0 Å². The van der Waals surface area contributed by atoms with Gasteiger partial charge in [0.05, 0.1) is 25.9 Å². The minimum absolute atomic E-state index is 0.0166. The van der Waals surface area contributed by atoms with E-state index < -0.39 is 0 Å². The number of anilines is 1. The summed E-state index contributed by atoms with van der Waals surface area (Å²) in [6.45, 7) is 0.508. The Morgan fingerprint density at radius 3 is 2.76 bits per heavy atom. The molecule has 0 radical (unpaired) electrons. The Kier molecular flexibility index (Phi) is 3.48. The van der Waals surface area contributed by atoms with E-state index in [-0.39, 0.29) is 11.8 Å². The first-order valence-electron chi connectivity index (χ1n) is 6.65. The second-order valence-electron chi connectivity index (χ2n) is 4.80. The van der Waals surface area contributed by atoms with Crippen molar-refractivity contribution in [2.45, 2.75) is 6.04 Å². The molecule has 1 atom stereocenters. The van der Waals surface area contributed by atoms with Crippen LogP contribution >= 0.6 is 0 Å². The molecule has 1 heterocycles. The van der Waals surface area contributed by atoms with E-state index in [2.05, 4.69) is 5.32 Å². The predicted octanol–water partition coefficient (Wildman–Crippen LogP) is 2.96. The lowest BCUT2D eigenvalue weighted by Gasteiger charge is -2.16. The molecule has 2 aromatic carbocycles. The molecule has 110 valence electrons. The smallest absolute Gasteiger partial charge is 0.145 e. The number of methoxy groups -OCH3 is 2. The lowest BCUT2D eigenvalue weighted by Crippen LogP contribution is -2.12. The van der Waals surface area contributed by atoms with E-state index in [4.69, 9.17) is 14.2 Å². The van der Waals surface area contributed by atoms with Gasteiger partial charge in [-0.2, -0.15) is 0 Å². The van der Waals surface area contributed by atoms with Gasteiger partial charge in [0.2, 0.25) is 0 Å². The van der Waals surface area contributed by atoms with Gasteiger partial charge in [0.15, 0.2) is 0 Å². The summed E-state index contributed by atoms with van der Waals surface area (Å²) in [5.41, 5.74) is 1.89. The predicted molar refractivity (Wildman–Crippen MR) is 79.5 cm³/mol. The number of hydrogen-bond acceptors (Lipinski definition) is 5. The first kappa shape index (κ1) is 13.4. The molecule has 0 spiro atoms. The van der Waals surface area contributed by atoms with Gasteiger partial charge < -0.3 is 24.6 Å². The van der Waals surface area contributed by atoms with Crippen LogP contribution in [-0.2, 0) is 0 Å². The molecule has 5 nitrogen and oxygen atoms in total. The molecule has 1 aliphatic heterocycles. The Morgan fingerprint density at radius 1 is 1.14 bits per heavy atom. The van der Waals surface area contributed by atoms with E-state index in [1.807, 2.05) is 24.3 Å². The first-order chi connectivity index (χ1) is 10.2. The molecular formula is C16H17NO4. The van der Waals surface area contributed by atoms with Crippen molar-refractivity contribution in [3.8, 4) is 23.0 Å². The Bertz CT molecular complexity index is 657. The molecule has 0 amide bonds. The lowest BCUT2D eigenvalue weighted by molar-refractivity contribution is 0.337. The largest absolute Gasteiger partial charge is 0.508 e. The number of fused-ring (bicyclic) bond motifs is 1. The lowest BCUT2D eigenvalue weighted by atomic mass is 10.1. The van der Waals surface area contributed by atoms with E-state index in [1.165, 1.54) is 0 Å². The van der Waals surface area contributed by atoms with E-state index >= 15 is 0 Å². The van der Waals surface area contributed by atoms with Gasteiger partial charge in [-0.05, 0) is 24.3 Å². The van der Waals surface area contributed by atoms with Gasteiger partial charge in [0.1, 0.15) is 29.6 Å². The van der Waals surface area contributed by atoms with Crippen LogP contribution in [0.1, 0.15) is 11.6 Å². The van der Waals surface area contributed by atoms with Gasteiger partial charge >= 0.3 is 0 Å². The van der Waals surface area contributed by atoms with E-state index in [0.29, 0.717) is 18.1 Å². The number of phenols is 1. The highest BCUT2D eigenvalue weighted by Crippen LogP contribution is 2.39. The third kappa shape index (κ3) is 2.54. The molecule has 2 N–H and O–H groups in total. The van der Waals surface area contributed by atoms with Gasteiger partial charge in [-0.1, -0.05) is 0 Å². The zero-order chi connectivity index (χ0) is 14.8. The number of phenolic OH excluding ortho intramolecular Hbond substituents is 1. The summed E-state index contributed by atoms with van der Waals surface area (Å²) in [4.78, 5) is 0. The molecule has 0 saturated heterocycles. The van der Waals surface area contributed by atoms with E-state index in [1.54, 1.807) is 26.4 Å². The molecule has 21 heavy (non-hydrogen) atoms. The minimum atomic E-state index is 0.0166. The highest BCUT2D eigenvalue weighted by atomic mass is 16.5. The molecule has 0 aliphatic carbocycles. The van der Waals surface area contributed by atoms with Crippen LogP contribution in [0.15, 0.2) is 36.4 Å². The zero-order valence-electron chi connectivity index (χ0n) is 11.9. The van der Waals surface area contributed by atoms with Crippen molar-refractivity contribution in [2.24, 2.45) is 0 Å². The number of aromatic hydroxyl groups is 1. The topological polar surface area (TPSA) is 60.0 Å². The molecular weight excluding hydrogens is 270 g/mol. The van der Waals surface area contributed by atoms with Gasteiger partial charge in [-0.3, -0.25) is 0 Å². The van der Waals surface area contributed by atoms with E-state index in [0.717, 1.165) is 17.0 Å². The second kappa shape index (κ2) is 5.44. The highest BCUT2D eigenvalue weighted by Gasteiger charge is 2.25. The Balaban J connectivity index is 1.86. The summed E-state index contributed by atoms with van der Waals surface area (Å²) in [6, 6.07) is 10.8. The minimum Gasteiger partial charge on any atom is -0.508 e. The zero-order valence-corrected chi connectivity index (χ0v) is 11.9. The van der Waals surface area contributed by atoms with Crippen molar-refractivity contribution < 1.29 is 19.3 Å². The standard InChI is InChI=1S/C16H17NO4/c1-19-11-4-6-13(16(8-11)20-2)17-14-9-21-15-7-10(18)3-5-12(14)15/h3-8,14,17-18H,9H2,1-2H3. The van der Waals surface area contributed by atoms with Gasteiger partial charge in [-0.25, -0.2) is 0 Å². The summed E-state index contributed by atoms with van der Waals surface area (Å²) in [5.74, 6) is 2.36. The molecule has 1 unspecified atom stereocenters. The maximum Gasteiger partial charge on any atom is 0.145 e. The number of ether oxygens (including phenoxy) is 3. The van der Waals surface area contributed by atoms with Crippen molar-refractivity contribution in [1.82, 2.24) is 0 Å². The first-order valence-corrected chi connectivity index (χ1v) is 6.65. The van der Waals surface area contributed by atoms with Crippen molar-refractivity contribution in [2.75, 3.05) is 26.1 Å². The third-order valence-electron chi connectivity index (χ3n) is 3.52. The third-order valence-corrected chi connectivity index (χ3v) is 3.52. The fraction of sp³-hybridized carbons (Fsp3) is 0.250. The number of benzene rings is 2. The average Bonchev–Trinajstić information content (AvgIpc) is 2.89. The average molecular weight is 287 g/mol. The van der Waals surface area contributed by atoms with Gasteiger partial charge in [-0.15, -0.1) is 0 Å². The van der Waals surface area contributed by atoms with Crippen molar-refractivity contribution in [3.63, 3.8) is 0 Å². The molecule has 1 aliphatic rings. The number of hydrogen-bond donors (Lipinski definition) is 2. The van der Waals surface area contributed by atoms with Crippen LogP contribution in [0.4, 0.5) is 5.69 Å². The number of nitrogens with one attached hydrogen (secondary N) is 1. The van der Waals surface area contributed by atoms with Gasteiger partial charge in [0, 0.05) is 17.7 Å². The Morgan fingerprint density at radius 2 is 2.00 bits per heavy atom. The van der Waals surface area contributed by atoms with Crippen molar-refractivity contribution in [3.05, 3.63) is 42.0 Å². The van der Waals surface area contributed by atoms with Crippen LogP contribution in [-0.4, -0.2) is 25.9 Å². The molecule has 5 heteroatoms. The molecule has 0 bridgehead atoms. The molecule has 3 rings (SSSR count). The molecule has 2 aromatic rings. The van der Waals surface area contributed by atoms with Crippen molar-refractivity contribution in [1.29, 1.82) is 0 Å². The maximum absolute atomic E-state index is 9.48. The molecule has 0 aromatic heterocycles. The van der Waals surface area contributed by atoms with Gasteiger partial charge in [0.25, 0.3) is 0 Å². The van der Waals surface area contributed by atoms with Crippen LogP contribution in [0, 0.1) is 0 Å². The Labute approximate surface area is 123 Å². The summed E-state index contributed by atoms with van der Waals surface area (Å²) >= 11 is 0. The van der Waals surface area contributed by atoms with Crippen LogP contribution in [0.25, 0.3) is 0 Å².